The third-order valence-corrected chi connectivity index (χ3v) is 8.47. The van der Waals surface area contributed by atoms with Crippen LogP contribution in [0.25, 0.3) is 16.4 Å². The number of nitrogens with zero attached hydrogens (tertiary/aromatic N) is 3. The largest absolute Gasteiger partial charge is 0.310 e. The van der Waals surface area contributed by atoms with E-state index in [-0.39, 0.29) is 11.3 Å². The maximum atomic E-state index is 13.5. The van der Waals surface area contributed by atoms with Crippen molar-refractivity contribution in [2.75, 3.05) is 5.32 Å². The van der Waals surface area contributed by atoms with Crippen molar-refractivity contribution in [1.82, 2.24) is 14.8 Å². The number of hydrogen-bond donors (Lipinski definition) is 1. The van der Waals surface area contributed by atoms with Gasteiger partial charge < -0.3 is 5.32 Å². The highest BCUT2D eigenvalue weighted by molar-refractivity contribution is 7.12. The number of benzene rings is 1. The van der Waals surface area contributed by atoms with E-state index >= 15 is 0 Å². The van der Waals surface area contributed by atoms with E-state index in [9.17, 15) is 4.79 Å². The van der Waals surface area contributed by atoms with E-state index in [1.54, 1.807) is 4.68 Å². The number of carbonyl (C=O) groups excluding carboxylic acids is 1. The van der Waals surface area contributed by atoms with Crippen LogP contribution in [0.5, 0.6) is 0 Å². The van der Waals surface area contributed by atoms with Crippen molar-refractivity contribution in [3.05, 3.63) is 46.4 Å². The number of carbonyl (C=O) groups is 1. The first-order valence-electron chi connectivity index (χ1n) is 11.1. The van der Waals surface area contributed by atoms with Crippen molar-refractivity contribution in [1.29, 1.82) is 0 Å². The van der Waals surface area contributed by atoms with Gasteiger partial charge in [-0.3, -0.25) is 4.79 Å². The van der Waals surface area contributed by atoms with Gasteiger partial charge in [-0.05, 0) is 75.3 Å². The second kappa shape index (κ2) is 7.17. The normalized spacial score (nSPS) is 28.8. The summed E-state index contributed by atoms with van der Waals surface area (Å²) in [7, 11) is 0. The minimum absolute atomic E-state index is 0.183. The molecule has 2 heterocycles. The number of aromatic nitrogens is 3. The molecule has 4 aliphatic carbocycles. The Morgan fingerprint density at radius 3 is 2.42 bits per heavy atom. The van der Waals surface area contributed by atoms with Crippen molar-refractivity contribution >= 4 is 34.7 Å². The van der Waals surface area contributed by atoms with Crippen LogP contribution in [-0.2, 0) is 4.79 Å². The first-order chi connectivity index (χ1) is 15.0. The molecule has 0 aliphatic heterocycles. The summed E-state index contributed by atoms with van der Waals surface area (Å²) in [6.45, 7) is 1.95. The quantitative estimate of drug-likeness (QED) is 0.519. The van der Waals surface area contributed by atoms with Gasteiger partial charge in [-0.1, -0.05) is 23.7 Å². The lowest BCUT2D eigenvalue weighted by Crippen LogP contribution is -2.51. The number of rotatable bonds is 4. The van der Waals surface area contributed by atoms with Crippen molar-refractivity contribution in [3.8, 4) is 16.4 Å². The average Bonchev–Trinajstić information content (AvgIpc) is 3.34. The fourth-order valence-corrected chi connectivity index (χ4v) is 7.41. The predicted molar refractivity (Wildman–Crippen MR) is 124 cm³/mol. The lowest BCUT2D eigenvalue weighted by atomic mass is 9.49. The Hall–Kier alpha value is -2.18. The zero-order valence-corrected chi connectivity index (χ0v) is 19.0. The fourth-order valence-electron chi connectivity index (χ4n) is 6.49. The first-order valence-corrected chi connectivity index (χ1v) is 12.3. The predicted octanol–water partition coefficient (Wildman–Crippen LogP) is 6.11. The molecule has 3 aromatic rings. The lowest BCUT2D eigenvalue weighted by Gasteiger charge is -2.55. The molecule has 4 fully saturated rings. The van der Waals surface area contributed by atoms with Gasteiger partial charge in [0.15, 0.2) is 0 Å². The van der Waals surface area contributed by atoms with Gasteiger partial charge in [0.2, 0.25) is 11.0 Å². The summed E-state index contributed by atoms with van der Waals surface area (Å²) >= 11 is 7.53. The van der Waals surface area contributed by atoms with Crippen LogP contribution >= 0.6 is 22.9 Å². The molecule has 0 saturated heterocycles. The molecule has 160 valence electrons. The number of nitrogens with one attached hydrogen (secondary N) is 1. The molecule has 1 N–H and O–H groups in total. The summed E-state index contributed by atoms with van der Waals surface area (Å²) in [5, 5.41) is 11.4. The van der Waals surface area contributed by atoms with Crippen LogP contribution in [0, 0.1) is 30.1 Å². The van der Waals surface area contributed by atoms with E-state index in [0.717, 1.165) is 64.9 Å². The fraction of sp³-hybridized carbons (Fsp3) is 0.458. The summed E-state index contributed by atoms with van der Waals surface area (Å²) in [6.07, 6.45) is 7.14. The molecular formula is C24H25ClN4OS. The molecule has 0 radical (unpaired) electrons. The number of aryl methyl sites for hydroxylation is 1. The highest BCUT2D eigenvalue weighted by atomic mass is 35.5. The molecule has 7 rings (SSSR count). The molecule has 4 aliphatic rings. The first kappa shape index (κ1) is 19.5. The Morgan fingerprint density at radius 1 is 1.13 bits per heavy atom. The summed E-state index contributed by atoms with van der Waals surface area (Å²) in [4.78, 5) is 18.3. The number of halogens is 1. The number of thiazole rings is 1. The van der Waals surface area contributed by atoms with Crippen molar-refractivity contribution in [3.63, 3.8) is 0 Å². The third kappa shape index (κ3) is 3.40. The van der Waals surface area contributed by atoms with Gasteiger partial charge in [0.25, 0.3) is 0 Å². The number of hydrogen-bond acceptors (Lipinski definition) is 4. The summed E-state index contributed by atoms with van der Waals surface area (Å²) in [5.74, 6) is 3.12. The molecule has 1 aromatic carbocycles. The van der Waals surface area contributed by atoms with Crippen LogP contribution in [0.2, 0.25) is 5.02 Å². The smallest absolute Gasteiger partial charge is 0.231 e. The maximum absolute atomic E-state index is 13.5. The van der Waals surface area contributed by atoms with E-state index in [0.29, 0.717) is 5.02 Å². The van der Waals surface area contributed by atoms with Crippen molar-refractivity contribution in [2.24, 2.45) is 23.2 Å². The standard InChI is InChI=1S/C24H25ClN4OS/c1-14-6-21(27-22(30)24-10-15-7-16(11-24)9-17(8-15)12-24)29(28-14)23-26-20(13-31-23)18-2-4-19(25)5-3-18/h2-6,13,15-17H,7-12H2,1H3,(H,27,30). The van der Waals surface area contributed by atoms with Gasteiger partial charge in [-0.2, -0.15) is 9.78 Å². The van der Waals surface area contributed by atoms with Gasteiger partial charge in [0.1, 0.15) is 5.82 Å². The van der Waals surface area contributed by atoms with Gasteiger partial charge in [0.05, 0.1) is 16.8 Å². The zero-order chi connectivity index (χ0) is 21.2. The van der Waals surface area contributed by atoms with Crippen LogP contribution in [-0.4, -0.2) is 20.7 Å². The monoisotopic (exact) mass is 452 g/mol. The second-order valence-electron chi connectivity index (χ2n) is 9.76. The summed E-state index contributed by atoms with van der Waals surface area (Å²) < 4.78 is 1.78. The van der Waals surface area contributed by atoms with Gasteiger partial charge in [0, 0.05) is 22.0 Å². The Kier molecular flexibility index (Phi) is 4.51. The highest BCUT2D eigenvalue weighted by Gasteiger charge is 2.54. The average molecular weight is 453 g/mol. The molecular weight excluding hydrogens is 428 g/mol. The van der Waals surface area contributed by atoms with Crippen LogP contribution in [0.15, 0.2) is 35.7 Å². The van der Waals surface area contributed by atoms with E-state index in [2.05, 4.69) is 10.4 Å². The SMILES string of the molecule is Cc1cc(NC(=O)C23CC4CC(CC(C4)C2)C3)n(-c2nc(-c3ccc(Cl)cc3)cs2)n1. The molecule has 0 atom stereocenters. The number of amides is 1. The molecule has 7 heteroatoms. The Morgan fingerprint density at radius 2 is 1.77 bits per heavy atom. The zero-order valence-electron chi connectivity index (χ0n) is 17.5. The molecule has 2 aromatic heterocycles. The molecule has 0 spiro atoms. The van der Waals surface area contributed by atoms with E-state index in [4.69, 9.17) is 16.6 Å². The molecule has 31 heavy (non-hydrogen) atoms. The molecule has 4 saturated carbocycles. The van der Waals surface area contributed by atoms with E-state index in [1.165, 1.54) is 30.6 Å². The molecule has 1 amide bonds. The third-order valence-electron chi connectivity index (χ3n) is 7.41. The highest BCUT2D eigenvalue weighted by Crippen LogP contribution is 2.60. The van der Waals surface area contributed by atoms with Crippen LogP contribution in [0.1, 0.15) is 44.2 Å². The molecule has 4 bridgehead atoms. The van der Waals surface area contributed by atoms with E-state index in [1.807, 2.05) is 42.6 Å². The van der Waals surface area contributed by atoms with Crippen molar-refractivity contribution in [2.45, 2.75) is 45.4 Å². The lowest BCUT2D eigenvalue weighted by molar-refractivity contribution is -0.140. The van der Waals surface area contributed by atoms with Crippen molar-refractivity contribution < 1.29 is 4.79 Å². The van der Waals surface area contributed by atoms with Gasteiger partial charge in [-0.25, -0.2) is 4.98 Å². The maximum Gasteiger partial charge on any atom is 0.231 e. The number of anilines is 1. The topological polar surface area (TPSA) is 59.8 Å². The Bertz CT molecular complexity index is 1110. The van der Waals surface area contributed by atoms with Gasteiger partial charge >= 0.3 is 0 Å². The van der Waals surface area contributed by atoms with Crippen LogP contribution in [0.3, 0.4) is 0 Å². The van der Waals surface area contributed by atoms with Crippen LogP contribution in [0.4, 0.5) is 5.82 Å². The summed E-state index contributed by atoms with van der Waals surface area (Å²) in [5.41, 5.74) is 2.57. The summed E-state index contributed by atoms with van der Waals surface area (Å²) in [6, 6.07) is 9.61. The van der Waals surface area contributed by atoms with Crippen LogP contribution < -0.4 is 5.32 Å². The Labute approximate surface area is 190 Å². The minimum atomic E-state index is -0.185. The van der Waals surface area contributed by atoms with Gasteiger partial charge in [-0.15, -0.1) is 11.3 Å². The van der Waals surface area contributed by atoms with E-state index < -0.39 is 0 Å². The second-order valence-corrected chi connectivity index (χ2v) is 11.0. The molecule has 0 unspecified atom stereocenters. The Balaban J connectivity index is 1.27. The molecule has 5 nitrogen and oxygen atoms in total. The minimum Gasteiger partial charge on any atom is -0.310 e.